The number of nitrogens with zero attached hydrogens (tertiary/aromatic N) is 2. The number of aromatic nitrogens is 1. The zero-order chi connectivity index (χ0) is 22.0. The highest BCUT2D eigenvalue weighted by atomic mass is 16.5. The number of oxazole rings is 1. The molecule has 0 amide bonds. The molecule has 2 aromatic carbocycles. The number of aryl methyl sites for hydroxylation is 1. The van der Waals surface area contributed by atoms with Crippen molar-refractivity contribution in [3.8, 4) is 28.7 Å². The van der Waals surface area contributed by atoms with Gasteiger partial charge in [-0.3, -0.25) is 4.90 Å². The maximum absolute atomic E-state index is 6.08. The fourth-order valence-corrected chi connectivity index (χ4v) is 4.52. The molecular weight excluding hydrogens is 392 g/mol. The predicted molar refractivity (Wildman–Crippen MR) is 120 cm³/mol. The molecule has 4 rings (SSSR count). The number of para-hydroxylation sites is 1. The first kappa shape index (κ1) is 21.2. The van der Waals surface area contributed by atoms with Crippen molar-refractivity contribution in [3.05, 3.63) is 59.0 Å². The van der Waals surface area contributed by atoms with Crippen LogP contribution in [-0.4, -0.2) is 37.8 Å². The summed E-state index contributed by atoms with van der Waals surface area (Å²) in [6, 6.07) is 12.5. The van der Waals surface area contributed by atoms with Crippen LogP contribution in [0.4, 0.5) is 0 Å². The quantitative estimate of drug-likeness (QED) is 0.514. The highest BCUT2D eigenvalue weighted by molar-refractivity contribution is 5.68. The Kier molecular flexibility index (Phi) is 6.18. The average molecular weight is 423 g/mol. The standard InChI is InChI=1S/C25H30N2O4/c1-16-22(28-3)13-12-19(24(16)30-5)25-26-20(17(2)31-25)15-27-14-8-10-21(27)18-9-6-7-11-23(18)29-4/h6-7,9,11-13,21H,8,10,14-15H2,1-5H3. The topological polar surface area (TPSA) is 57.0 Å². The Balaban J connectivity index is 1.62. The van der Waals surface area contributed by atoms with Gasteiger partial charge in [0.15, 0.2) is 0 Å². The van der Waals surface area contributed by atoms with Crippen LogP contribution in [0.3, 0.4) is 0 Å². The lowest BCUT2D eigenvalue weighted by Crippen LogP contribution is -2.23. The van der Waals surface area contributed by atoms with E-state index in [9.17, 15) is 0 Å². The molecule has 164 valence electrons. The average Bonchev–Trinajstić information content (AvgIpc) is 3.40. The molecule has 0 spiro atoms. The van der Waals surface area contributed by atoms with Crippen molar-refractivity contribution in [2.45, 2.75) is 39.3 Å². The molecule has 2 heterocycles. The van der Waals surface area contributed by atoms with Crippen LogP contribution in [0.25, 0.3) is 11.5 Å². The third kappa shape index (κ3) is 4.00. The number of hydrogen-bond donors (Lipinski definition) is 0. The van der Waals surface area contributed by atoms with E-state index in [0.717, 1.165) is 65.8 Å². The van der Waals surface area contributed by atoms with Gasteiger partial charge in [0, 0.05) is 23.7 Å². The minimum absolute atomic E-state index is 0.313. The largest absolute Gasteiger partial charge is 0.496 e. The van der Waals surface area contributed by atoms with Crippen LogP contribution >= 0.6 is 0 Å². The third-order valence-electron chi connectivity index (χ3n) is 6.12. The summed E-state index contributed by atoms with van der Waals surface area (Å²) in [6.07, 6.45) is 2.26. The van der Waals surface area contributed by atoms with Crippen LogP contribution in [-0.2, 0) is 6.54 Å². The van der Waals surface area contributed by atoms with Crippen LogP contribution in [0.2, 0.25) is 0 Å². The van der Waals surface area contributed by atoms with Crippen molar-refractivity contribution in [1.82, 2.24) is 9.88 Å². The zero-order valence-corrected chi connectivity index (χ0v) is 18.9. The Hall–Kier alpha value is -2.99. The number of ether oxygens (including phenoxy) is 3. The molecule has 1 atom stereocenters. The maximum Gasteiger partial charge on any atom is 0.230 e. The smallest absolute Gasteiger partial charge is 0.230 e. The Bertz CT molecular complexity index is 1060. The molecule has 0 radical (unpaired) electrons. The summed E-state index contributed by atoms with van der Waals surface area (Å²) in [5.74, 6) is 3.84. The van der Waals surface area contributed by atoms with E-state index < -0.39 is 0 Å². The molecule has 1 unspecified atom stereocenters. The van der Waals surface area contributed by atoms with Gasteiger partial charge in [0.05, 0.1) is 32.6 Å². The van der Waals surface area contributed by atoms with Gasteiger partial charge >= 0.3 is 0 Å². The van der Waals surface area contributed by atoms with Crippen LogP contribution in [0.5, 0.6) is 17.2 Å². The Morgan fingerprint density at radius 2 is 1.77 bits per heavy atom. The molecular formula is C25H30N2O4. The molecule has 3 aromatic rings. The molecule has 6 heteroatoms. The van der Waals surface area contributed by atoms with Crippen molar-refractivity contribution in [2.24, 2.45) is 0 Å². The molecule has 0 aliphatic carbocycles. The second-order valence-corrected chi connectivity index (χ2v) is 7.87. The summed E-state index contributed by atoms with van der Waals surface area (Å²) in [4.78, 5) is 7.32. The summed E-state index contributed by atoms with van der Waals surface area (Å²) >= 11 is 0. The first-order chi connectivity index (χ1) is 15.1. The molecule has 0 bridgehead atoms. The number of likely N-dealkylation sites (tertiary alicyclic amines) is 1. The van der Waals surface area contributed by atoms with Crippen LogP contribution < -0.4 is 14.2 Å². The van der Waals surface area contributed by atoms with Gasteiger partial charge < -0.3 is 18.6 Å². The van der Waals surface area contributed by atoms with Gasteiger partial charge in [-0.25, -0.2) is 4.98 Å². The van der Waals surface area contributed by atoms with Crippen LogP contribution in [0.1, 0.15) is 41.5 Å². The monoisotopic (exact) mass is 422 g/mol. The van der Waals surface area contributed by atoms with Gasteiger partial charge in [-0.15, -0.1) is 0 Å². The van der Waals surface area contributed by atoms with Crippen molar-refractivity contribution in [1.29, 1.82) is 0 Å². The van der Waals surface area contributed by atoms with E-state index in [2.05, 4.69) is 17.0 Å². The predicted octanol–water partition coefficient (Wildman–Crippen LogP) is 5.32. The van der Waals surface area contributed by atoms with Crippen molar-refractivity contribution in [3.63, 3.8) is 0 Å². The third-order valence-corrected chi connectivity index (χ3v) is 6.12. The SMILES string of the molecule is COc1ccccc1C1CCCN1Cc1nc(-c2ccc(OC)c(C)c2OC)oc1C. The van der Waals surface area contributed by atoms with E-state index >= 15 is 0 Å². The lowest BCUT2D eigenvalue weighted by molar-refractivity contribution is 0.239. The van der Waals surface area contributed by atoms with Crippen molar-refractivity contribution >= 4 is 0 Å². The summed E-state index contributed by atoms with van der Waals surface area (Å²) in [5.41, 5.74) is 3.94. The highest BCUT2D eigenvalue weighted by Gasteiger charge is 2.30. The number of methoxy groups -OCH3 is 3. The van der Waals surface area contributed by atoms with E-state index in [-0.39, 0.29) is 0 Å². The maximum atomic E-state index is 6.08. The van der Waals surface area contributed by atoms with Crippen molar-refractivity contribution in [2.75, 3.05) is 27.9 Å². The highest BCUT2D eigenvalue weighted by Crippen LogP contribution is 2.40. The minimum atomic E-state index is 0.313. The van der Waals surface area contributed by atoms with E-state index in [0.29, 0.717) is 11.9 Å². The van der Waals surface area contributed by atoms with Crippen LogP contribution in [0, 0.1) is 13.8 Å². The molecule has 1 fully saturated rings. The fraction of sp³-hybridized carbons (Fsp3) is 0.400. The summed E-state index contributed by atoms with van der Waals surface area (Å²) in [6.45, 7) is 5.70. The van der Waals surface area contributed by atoms with Gasteiger partial charge in [-0.1, -0.05) is 18.2 Å². The second-order valence-electron chi connectivity index (χ2n) is 7.87. The fourth-order valence-electron chi connectivity index (χ4n) is 4.52. The van der Waals surface area contributed by atoms with E-state index in [1.165, 1.54) is 5.56 Å². The molecule has 1 aromatic heterocycles. The second kappa shape index (κ2) is 9.02. The van der Waals surface area contributed by atoms with Gasteiger partial charge in [-0.05, 0) is 51.4 Å². The number of benzene rings is 2. The summed E-state index contributed by atoms with van der Waals surface area (Å²) in [5, 5.41) is 0. The Morgan fingerprint density at radius 3 is 2.52 bits per heavy atom. The summed E-state index contributed by atoms with van der Waals surface area (Å²) in [7, 11) is 5.05. The van der Waals surface area contributed by atoms with Crippen molar-refractivity contribution < 1.29 is 18.6 Å². The first-order valence-electron chi connectivity index (χ1n) is 10.6. The number of hydrogen-bond acceptors (Lipinski definition) is 6. The number of rotatable bonds is 7. The molecule has 6 nitrogen and oxygen atoms in total. The lowest BCUT2D eigenvalue weighted by Gasteiger charge is -2.25. The zero-order valence-electron chi connectivity index (χ0n) is 18.9. The van der Waals surface area contributed by atoms with Crippen LogP contribution in [0.15, 0.2) is 40.8 Å². The molecule has 1 aliphatic heterocycles. The van der Waals surface area contributed by atoms with Gasteiger partial charge in [0.1, 0.15) is 23.0 Å². The first-order valence-corrected chi connectivity index (χ1v) is 10.6. The molecule has 31 heavy (non-hydrogen) atoms. The van der Waals surface area contributed by atoms with E-state index in [4.69, 9.17) is 23.6 Å². The summed E-state index contributed by atoms with van der Waals surface area (Å²) < 4.78 is 22.8. The van der Waals surface area contributed by atoms with Gasteiger partial charge in [0.2, 0.25) is 5.89 Å². The van der Waals surface area contributed by atoms with Gasteiger partial charge in [0.25, 0.3) is 0 Å². The minimum Gasteiger partial charge on any atom is -0.496 e. The molecule has 0 saturated carbocycles. The Labute approximate surface area is 183 Å². The van der Waals surface area contributed by atoms with Gasteiger partial charge in [-0.2, -0.15) is 0 Å². The van der Waals surface area contributed by atoms with E-state index in [1.54, 1.807) is 21.3 Å². The molecule has 0 N–H and O–H groups in total. The molecule has 1 aliphatic rings. The Morgan fingerprint density at radius 1 is 1.00 bits per heavy atom. The normalized spacial score (nSPS) is 16.5. The molecule has 1 saturated heterocycles. The lowest BCUT2D eigenvalue weighted by atomic mass is 10.0. The van der Waals surface area contributed by atoms with E-state index in [1.807, 2.05) is 38.1 Å².